The summed E-state index contributed by atoms with van der Waals surface area (Å²) in [5.74, 6) is -5.24. The van der Waals surface area contributed by atoms with Gasteiger partial charge in [0.2, 0.25) is 0 Å². The third-order valence-electron chi connectivity index (χ3n) is 8.38. The van der Waals surface area contributed by atoms with Crippen molar-refractivity contribution < 1.29 is 95.3 Å². The van der Waals surface area contributed by atoms with Crippen LogP contribution < -0.4 is 0 Å². The van der Waals surface area contributed by atoms with Crippen LogP contribution in [0.3, 0.4) is 0 Å². The molecule has 4 aliphatic heterocycles. The number of amides is 8. The van der Waals surface area contributed by atoms with Gasteiger partial charge in [-0.3, -0.25) is 58.0 Å². The maximum atomic E-state index is 12.7. The van der Waals surface area contributed by atoms with Crippen molar-refractivity contribution in [2.75, 3.05) is 113 Å². The molecule has 4 aliphatic rings. The molecule has 24 heteroatoms. The van der Waals surface area contributed by atoms with Crippen LogP contribution in [0, 0.1) is 0 Å². The van der Waals surface area contributed by atoms with Gasteiger partial charge in [0.05, 0.1) is 66.1 Å². The second kappa shape index (κ2) is 25.4. The van der Waals surface area contributed by atoms with Gasteiger partial charge < -0.3 is 52.1 Å². The van der Waals surface area contributed by atoms with E-state index in [1.165, 1.54) is 6.92 Å². The van der Waals surface area contributed by atoms with Gasteiger partial charge in [-0.25, -0.2) is 4.79 Å². The SMILES string of the molecule is CC(C(=O)OCCOC(COCCOCOCN1C(=O)C=CC1=O)(COCCOCOCN1C(=O)C=CC1=O)COCCOCOCN1C(=O)C=CC1=O)N1C(=O)C=CC1=O. The minimum Gasteiger partial charge on any atom is -0.462 e. The lowest BCUT2D eigenvalue weighted by Gasteiger charge is -2.33. The maximum absolute atomic E-state index is 12.7. The average molecular weight is 867 g/mol. The highest BCUT2D eigenvalue weighted by Gasteiger charge is 2.36. The molecule has 4 heterocycles. The zero-order chi connectivity index (χ0) is 44.0. The van der Waals surface area contributed by atoms with E-state index >= 15 is 0 Å². The summed E-state index contributed by atoms with van der Waals surface area (Å²) in [5.41, 5.74) is -1.39. The van der Waals surface area contributed by atoms with E-state index in [9.17, 15) is 43.2 Å². The Morgan fingerprint density at radius 2 is 0.754 bits per heavy atom. The van der Waals surface area contributed by atoms with E-state index in [4.69, 9.17) is 52.1 Å². The monoisotopic (exact) mass is 866 g/mol. The summed E-state index contributed by atoms with van der Waals surface area (Å²) < 4.78 is 60.8. The lowest BCUT2D eigenvalue weighted by molar-refractivity contribution is -0.186. The Hall–Kier alpha value is -5.41. The molecule has 0 aliphatic carbocycles. The summed E-state index contributed by atoms with van der Waals surface area (Å²) in [6.07, 6.45) is 8.82. The van der Waals surface area contributed by atoms with E-state index in [1.54, 1.807) is 0 Å². The zero-order valence-corrected chi connectivity index (χ0v) is 33.2. The van der Waals surface area contributed by atoms with Crippen LogP contribution in [0.15, 0.2) is 48.6 Å². The number of hydrogen-bond donors (Lipinski definition) is 0. The molecular formula is C37H46N4O20. The third-order valence-corrected chi connectivity index (χ3v) is 8.38. The predicted octanol–water partition coefficient (Wildman–Crippen LogP) is -2.73. The lowest BCUT2D eigenvalue weighted by atomic mass is 10.1. The fraction of sp³-hybridized carbons (Fsp3) is 0.541. The number of hydrogen-bond acceptors (Lipinski definition) is 20. The molecule has 0 radical (unpaired) electrons. The Labute approximate surface area is 348 Å². The van der Waals surface area contributed by atoms with Gasteiger partial charge in [0, 0.05) is 48.6 Å². The van der Waals surface area contributed by atoms with E-state index in [1.807, 2.05) is 0 Å². The van der Waals surface area contributed by atoms with Gasteiger partial charge in [0.15, 0.2) is 0 Å². The van der Waals surface area contributed by atoms with E-state index in [0.717, 1.165) is 68.2 Å². The molecule has 0 N–H and O–H groups in total. The number of carbonyl (C=O) groups is 9. The van der Waals surface area contributed by atoms with Crippen LogP contribution in [0.1, 0.15) is 6.92 Å². The number of esters is 1. The Bertz CT molecular complexity index is 1520. The molecule has 1 unspecified atom stereocenters. The molecule has 1 atom stereocenters. The molecule has 334 valence electrons. The molecule has 0 fully saturated rings. The Morgan fingerprint density at radius 1 is 0.443 bits per heavy atom. The molecule has 0 aromatic heterocycles. The highest BCUT2D eigenvalue weighted by molar-refractivity contribution is 6.15. The van der Waals surface area contributed by atoms with Crippen molar-refractivity contribution >= 4 is 53.2 Å². The molecule has 0 saturated carbocycles. The summed E-state index contributed by atoms with van der Waals surface area (Å²) in [4.78, 5) is 110. The van der Waals surface area contributed by atoms with E-state index < -0.39 is 64.9 Å². The van der Waals surface area contributed by atoms with Crippen molar-refractivity contribution in [3.63, 3.8) is 0 Å². The first-order chi connectivity index (χ1) is 29.4. The topological polar surface area (TPSA) is 268 Å². The normalized spacial score (nSPS) is 16.9. The molecule has 4 rings (SSSR count). The van der Waals surface area contributed by atoms with Crippen LogP contribution >= 0.6 is 0 Å². The van der Waals surface area contributed by atoms with Crippen LogP contribution in [-0.4, -0.2) is 198 Å². The minimum atomic E-state index is -1.39. The first-order valence-electron chi connectivity index (χ1n) is 18.6. The largest absolute Gasteiger partial charge is 0.462 e. The van der Waals surface area contributed by atoms with Crippen molar-refractivity contribution in [3.8, 4) is 0 Å². The molecular weight excluding hydrogens is 820 g/mol. The number of ether oxygens (including phenoxy) is 11. The van der Waals surface area contributed by atoms with Gasteiger partial charge in [-0.1, -0.05) is 0 Å². The van der Waals surface area contributed by atoms with Crippen molar-refractivity contribution in [2.45, 2.75) is 18.6 Å². The second-order valence-electron chi connectivity index (χ2n) is 12.8. The number of imide groups is 4. The first kappa shape index (κ1) is 48.3. The molecule has 0 aromatic rings. The van der Waals surface area contributed by atoms with Crippen LogP contribution in [0.25, 0.3) is 0 Å². The first-order valence-corrected chi connectivity index (χ1v) is 18.6. The van der Waals surface area contributed by atoms with Gasteiger partial charge in [0.1, 0.15) is 58.8 Å². The molecule has 0 bridgehead atoms. The molecule has 0 spiro atoms. The van der Waals surface area contributed by atoms with Gasteiger partial charge in [0.25, 0.3) is 47.3 Å². The van der Waals surface area contributed by atoms with Crippen molar-refractivity contribution in [1.29, 1.82) is 0 Å². The number of rotatable bonds is 33. The Kier molecular flexibility index (Phi) is 20.1. The Balaban J connectivity index is 1.27. The predicted molar refractivity (Wildman–Crippen MR) is 196 cm³/mol. The summed E-state index contributed by atoms with van der Waals surface area (Å²) in [7, 11) is 0. The molecule has 24 nitrogen and oxygen atoms in total. The van der Waals surface area contributed by atoms with Crippen LogP contribution in [-0.2, 0) is 95.3 Å². The molecule has 0 aromatic carbocycles. The van der Waals surface area contributed by atoms with Crippen molar-refractivity contribution in [1.82, 2.24) is 19.6 Å². The molecule has 0 saturated heterocycles. The average Bonchev–Trinajstić information content (AvgIpc) is 3.96. The van der Waals surface area contributed by atoms with E-state index in [0.29, 0.717) is 0 Å². The fourth-order valence-electron chi connectivity index (χ4n) is 5.21. The van der Waals surface area contributed by atoms with Crippen LogP contribution in [0.2, 0.25) is 0 Å². The lowest BCUT2D eigenvalue weighted by Crippen LogP contribution is -2.49. The highest BCUT2D eigenvalue weighted by Crippen LogP contribution is 2.16. The van der Waals surface area contributed by atoms with Gasteiger partial charge in [-0.15, -0.1) is 0 Å². The van der Waals surface area contributed by atoms with E-state index in [2.05, 4.69) is 0 Å². The Morgan fingerprint density at radius 3 is 1.10 bits per heavy atom. The molecule has 61 heavy (non-hydrogen) atoms. The summed E-state index contributed by atoms with van der Waals surface area (Å²) in [5, 5.41) is 0. The maximum Gasteiger partial charge on any atom is 0.329 e. The van der Waals surface area contributed by atoms with Crippen LogP contribution in [0.4, 0.5) is 0 Å². The van der Waals surface area contributed by atoms with Gasteiger partial charge in [-0.05, 0) is 6.92 Å². The quantitative estimate of drug-likeness (QED) is 0.0280. The number of carbonyl (C=O) groups excluding carboxylic acids is 9. The van der Waals surface area contributed by atoms with Gasteiger partial charge >= 0.3 is 5.97 Å². The highest BCUT2D eigenvalue weighted by atomic mass is 16.7. The zero-order valence-electron chi connectivity index (χ0n) is 33.2. The third kappa shape index (κ3) is 15.5. The fourth-order valence-corrected chi connectivity index (χ4v) is 5.21. The number of nitrogens with zero attached hydrogens (tertiary/aromatic N) is 4. The molecule has 8 amide bonds. The van der Waals surface area contributed by atoms with Crippen LogP contribution in [0.5, 0.6) is 0 Å². The second-order valence-corrected chi connectivity index (χ2v) is 12.8. The van der Waals surface area contributed by atoms with Gasteiger partial charge in [-0.2, -0.15) is 0 Å². The summed E-state index contributed by atoms with van der Waals surface area (Å²) in [6.45, 7) is -1.48. The van der Waals surface area contributed by atoms with E-state index in [-0.39, 0.29) is 113 Å². The summed E-state index contributed by atoms with van der Waals surface area (Å²) in [6, 6.07) is -1.21. The smallest absolute Gasteiger partial charge is 0.329 e. The van der Waals surface area contributed by atoms with Crippen molar-refractivity contribution in [2.24, 2.45) is 0 Å². The van der Waals surface area contributed by atoms with Crippen molar-refractivity contribution in [3.05, 3.63) is 48.6 Å². The minimum absolute atomic E-state index is 0.00723. The summed E-state index contributed by atoms with van der Waals surface area (Å²) >= 11 is 0. The standard InChI is InChI=1S/C37H46N4O20/c1-27(41-34(48)8-9-35(41)49)36(50)60-16-17-61-37(18-51-10-13-54-24-57-21-38-28(42)2-3-29(38)43,19-52-11-14-55-25-58-22-39-30(44)4-5-31(39)45)20-53-12-15-56-26-59-23-40-32(46)6-7-33(40)47/h2-9,27H,10-26H2,1H3.